The molecule has 0 atom stereocenters. The van der Waals surface area contributed by atoms with E-state index in [2.05, 4.69) is 0 Å². The summed E-state index contributed by atoms with van der Waals surface area (Å²) in [5.74, 6) is 0. The number of hydrogen-bond acceptors (Lipinski definition) is 2. The van der Waals surface area contributed by atoms with Crippen molar-refractivity contribution in [2.24, 2.45) is 14.1 Å². The van der Waals surface area contributed by atoms with E-state index < -0.39 is 0 Å². The molecule has 4 heteroatoms. The van der Waals surface area contributed by atoms with Gasteiger partial charge in [0.2, 0.25) is 0 Å². The normalized spacial score (nSPS) is 11.1. The second-order valence-corrected chi connectivity index (χ2v) is 4.69. The van der Waals surface area contributed by atoms with Crippen LogP contribution < -0.4 is 11.4 Å². The van der Waals surface area contributed by atoms with Gasteiger partial charge in [0, 0.05) is 25.3 Å². The van der Waals surface area contributed by atoms with Crippen LogP contribution in [0.4, 0.5) is 5.69 Å². The van der Waals surface area contributed by atoms with Crippen LogP contribution in [0.15, 0.2) is 47.3 Å². The van der Waals surface area contributed by atoms with Crippen LogP contribution in [0.2, 0.25) is 0 Å². The van der Waals surface area contributed by atoms with Gasteiger partial charge >= 0.3 is 5.69 Å². The molecule has 96 valence electrons. The maximum absolute atomic E-state index is 11.9. The Bertz CT molecular complexity index is 827. The van der Waals surface area contributed by atoms with E-state index in [1.807, 2.05) is 42.5 Å². The van der Waals surface area contributed by atoms with Crippen molar-refractivity contribution < 1.29 is 0 Å². The van der Waals surface area contributed by atoms with Gasteiger partial charge in [-0.1, -0.05) is 24.3 Å². The minimum absolute atomic E-state index is 0.0202. The number of benzene rings is 2. The molecule has 4 nitrogen and oxygen atoms in total. The number of aromatic nitrogens is 2. The predicted molar refractivity (Wildman–Crippen MR) is 78.0 cm³/mol. The molecule has 1 aromatic heterocycles. The van der Waals surface area contributed by atoms with Crippen molar-refractivity contribution in [2.75, 3.05) is 5.73 Å². The van der Waals surface area contributed by atoms with Gasteiger partial charge < -0.3 is 5.73 Å². The van der Waals surface area contributed by atoms with Crippen LogP contribution in [0.5, 0.6) is 0 Å². The summed E-state index contributed by atoms with van der Waals surface area (Å²) in [4.78, 5) is 11.9. The van der Waals surface area contributed by atoms with Crippen molar-refractivity contribution in [2.45, 2.75) is 0 Å². The van der Waals surface area contributed by atoms with Gasteiger partial charge in [0.15, 0.2) is 0 Å². The van der Waals surface area contributed by atoms with Crippen molar-refractivity contribution in [3.05, 3.63) is 52.9 Å². The maximum Gasteiger partial charge on any atom is 0.328 e. The molecule has 0 unspecified atom stereocenters. The Morgan fingerprint density at radius 3 is 2.37 bits per heavy atom. The number of nitrogen functional groups attached to an aromatic ring is 1. The van der Waals surface area contributed by atoms with Crippen molar-refractivity contribution in [1.29, 1.82) is 0 Å². The molecule has 0 bridgehead atoms. The molecule has 3 rings (SSSR count). The van der Waals surface area contributed by atoms with Crippen molar-refractivity contribution in [1.82, 2.24) is 9.13 Å². The molecule has 19 heavy (non-hydrogen) atoms. The standard InChI is InChI=1S/C15H15N3O/c1-17-13-8-7-10(9-14(13)18(2)15(17)19)11-5-3-4-6-12(11)16/h3-9H,16H2,1-2H3. The highest BCUT2D eigenvalue weighted by molar-refractivity contribution is 5.85. The molecule has 0 aliphatic rings. The first-order chi connectivity index (χ1) is 9.09. The Balaban J connectivity index is 2.31. The van der Waals surface area contributed by atoms with Crippen LogP contribution in [-0.2, 0) is 14.1 Å². The fourth-order valence-electron chi connectivity index (χ4n) is 2.43. The summed E-state index contributed by atoms with van der Waals surface area (Å²) in [6.07, 6.45) is 0. The maximum atomic E-state index is 11.9. The molecule has 0 fully saturated rings. The largest absolute Gasteiger partial charge is 0.398 e. The summed E-state index contributed by atoms with van der Waals surface area (Å²) >= 11 is 0. The third kappa shape index (κ3) is 1.64. The monoisotopic (exact) mass is 253 g/mol. The third-order valence-corrected chi connectivity index (χ3v) is 3.54. The molecular formula is C15H15N3O. The Morgan fingerprint density at radius 2 is 1.63 bits per heavy atom. The Morgan fingerprint density at radius 1 is 0.947 bits per heavy atom. The van der Waals surface area contributed by atoms with Gasteiger partial charge in [0.25, 0.3) is 0 Å². The van der Waals surface area contributed by atoms with E-state index in [1.165, 1.54) is 0 Å². The van der Waals surface area contributed by atoms with Crippen molar-refractivity contribution >= 4 is 16.7 Å². The van der Waals surface area contributed by atoms with Gasteiger partial charge in [0.1, 0.15) is 0 Å². The van der Waals surface area contributed by atoms with Gasteiger partial charge in [-0.3, -0.25) is 9.13 Å². The minimum atomic E-state index is -0.0202. The van der Waals surface area contributed by atoms with Gasteiger partial charge in [0.05, 0.1) is 11.0 Å². The highest BCUT2D eigenvalue weighted by Crippen LogP contribution is 2.27. The first-order valence-electron chi connectivity index (χ1n) is 6.10. The van der Waals surface area contributed by atoms with Crippen LogP contribution in [0, 0.1) is 0 Å². The summed E-state index contributed by atoms with van der Waals surface area (Å²) in [6, 6.07) is 13.7. The lowest BCUT2D eigenvalue weighted by atomic mass is 10.0. The number of para-hydroxylation sites is 1. The minimum Gasteiger partial charge on any atom is -0.398 e. The van der Waals surface area contributed by atoms with Crippen molar-refractivity contribution in [3.63, 3.8) is 0 Å². The topological polar surface area (TPSA) is 53.0 Å². The molecule has 1 heterocycles. The fraction of sp³-hybridized carbons (Fsp3) is 0.133. The lowest BCUT2D eigenvalue weighted by Crippen LogP contribution is -2.19. The number of hydrogen-bond donors (Lipinski definition) is 1. The zero-order valence-corrected chi connectivity index (χ0v) is 10.9. The first-order valence-corrected chi connectivity index (χ1v) is 6.10. The number of fused-ring (bicyclic) bond motifs is 1. The van der Waals surface area contributed by atoms with Crippen LogP contribution in [0.3, 0.4) is 0 Å². The average molecular weight is 253 g/mol. The molecule has 0 aliphatic heterocycles. The summed E-state index contributed by atoms with van der Waals surface area (Å²) in [6.45, 7) is 0. The summed E-state index contributed by atoms with van der Waals surface area (Å²) in [5.41, 5.74) is 10.6. The second-order valence-electron chi connectivity index (χ2n) is 4.69. The van der Waals surface area contributed by atoms with E-state index >= 15 is 0 Å². The summed E-state index contributed by atoms with van der Waals surface area (Å²) < 4.78 is 3.30. The lowest BCUT2D eigenvalue weighted by Gasteiger charge is -2.06. The number of imidazole rings is 1. The van der Waals surface area contributed by atoms with Gasteiger partial charge in [-0.2, -0.15) is 0 Å². The Labute approximate surface area is 110 Å². The molecule has 0 radical (unpaired) electrons. The Kier molecular flexibility index (Phi) is 2.45. The smallest absolute Gasteiger partial charge is 0.328 e. The molecule has 0 aliphatic carbocycles. The van der Waals surface area contributed by atoms with Crippen LogP contribution in [0.1, 0.15) is 0 Å². The number of nitrogens with zero attached hydrogens (tertiary/aromatic N) is 2. The summed E-state index contributed by atoms with van der Waals surface area (Å²) in [5, 5.41) is 0. The van der Waals surface area contributed by atoms with Crippen LogP contribution in [-0.4, -0.2) is 9.13 Å². The average Bonchev–Trinajstić information content (AvgIpc) is 2.64. The highest BCUT2D eigenvalue weighted by atomic mass is 16.1. The zero-order chi connectivity index (χ0) is 13.6. The first kappa shape index (κ1) is 11.6. The van der Waals surface area contributed by atoms with Crippen LogP contribution in [0.25, 0.3) is 22.2 Å². The quantitative estimate of drug-likeness (QED) is 0.675. The van der Waals surface area contributed by atoms with E-state index in [0.717, 1.165) is 27.8 Å². The van der Waals surface area contributed by atoms with E-state index in [4.69, 9.17) is 5.73 Å². The number of nitrogens with two attached hydrogens (primary N) is 1. The van der Waals surface area contributed by atoms with Crippen LogP contribution >= 0.6 is 0 Å². The summed E-state index contributed by atoms with van der Waals surface area (Å²) in [7, 11) is 3.56. The van der Waals surface area contributed by atoms with Gasteiger partial charge in [-0.25, -0.2) is 4.79 Å². The molecule has 2 N–H and O–H groups in total. The number of anilines is 1. The predicted octanol–water partition coefficient (Wildman–Crippen LogP) is 2.13. The van der Waals surface area contributed by atoms with E-state index in [-0.39, 0.29) is 5.69 Å². The molecular weight excluding hydrogens is 238 g/mol. The molecule has 0 saturated heterocycles. The molecule has 2 aromatic carbocycles. The Hall–Kier alpha value is -2.49. The highest BCUT2D eigenvalue weighted by Gasteiger charge is 2.09. The van der Waals surface area contributed by atoms with E-state index in [0.29, 0.717) is 0 Å². The zero-order valence-electron chi connectivity index (χ0n) is 10.9. The SMILES string of the molecule is Cn1c(=O)n(C)c2cc(-c3ccccc3N)ccc21. The number of aryl methyl sites for hydroxylation is 2. The van der Waals surface area contributed by atoms with E-state index in [1.54, 1.807) is 23.2 Å². The molecule has 0 saturated carbocycles. The van der Waals surface area contributed by atoms with E-state index in [9.17, 15) is 4.79 Å². The van der Waals surface area contributed by atoms with Gasteiger partial charge in [-0.15, -0.1) is 0 Å². The lowest BCUT2D eigenvalue weighted by molar-refractivity contribution is 0.795. The molecule has 0 amide bonds. The molecule has 3 aromatic rings. The third-order valence-electron chi connectivity index (χ3n) is 3.54. The molecule has 0 spiro atoms. The number of rotatable bonds is 1. The van der Waals surface area contributed by atoms with Crippen molar-refractivity contribution in [3.8, 4) is 11.1 Å². The van der Waals surface area contributed by atoms with Gasteiger partial charge in [-0.05, 0) is 23.8 Å². The fourth-order valence-corrected chi connectivity index (χ4v) is 2.43. The second kappa shape index (κ2) is 4.02.